The number of fused-ring (bicyclic) bond motifs is 1. The van der Waals surface area contributed by atoms with E-state index in [-0.39, 0.29) is 24.6 Å². The lowest BCUT2D eigenvalue weighted by molar-refractivity contribution is -0.156. The summed E-state index contributed by atoms with van der Waals surface area (Å²) < 4.78 is 28.2. The van der Waals surface area contributed by atoms with E-state index in [4.69, 9.17) is 13.8 Å². The fourth-order valence-electron chi connectivity index (χ4n) is 3.74. The van der Waals surface area contributed by atoms with E-state index >= 15 is 0 Å². The SMILES string of the molecule is COP(=O)(CCN1CCCNc2c1c(=O)c2=O)OCOC(=O)C1CCCCC1. The van der Waals surface area contributed by atoms with Gasteiger partial charge < -0.3 is 19.5 Å². The Hall–Kier alpha value is -1.70. The van der Waals surface area contributed by atoms with Crippen LogP contribution in [-0.4, -0.2) is 45.7 Å². The summed E-state index contributed by atoms with van der Waals surface area (Å²) in [6.07, 6.45) is 5.55. The Kier molecular flexibility index (Phi) is 6.91. The molecule has 1 saturated carbocycles. The van der Waals surface area contributed by atoms with Gasteiger partial charge in [0.2, 0.25) is 6.79 Å². The Balaban J connectivity index is 1.51. The monoisotopic (exact) mass is 414 g/mol. The number of esters is 1. The Morgan fingerprint density at radius 3 is 2.64 bits per heavy atom. The first kappa shape index (κ1) is 21.0. The number of carbonyl (C=O) groups excluding carboxylic acids is 1. The maximum absolute atomic E-state index is 12.8. The maximum atomic E-state index is 12.8. The summed E-state index contributed by atoms with van der Waals surface area (Å²) >= 11 is 0. The van der Waals surface area contributed by atoms with Crippen molar-refractivity contribution < 1.29 is 23.1 Å². The number of hydrogen-bond acceptors (Lipinski definition) is 9. The Morgan fingerprint density at radius 1 is 1.18 bits per heavy atom. The molecular formula is C18H27N2O7P. The van der Waals surface area contributed by atoms with Crippen LogP contribution in [-0.2, 0) is 23.1 Å². The second-order valence-corrected chi connectivity index (χ2v) is 9.50. The van der Waals surface area contributed by atoms with Crippen LogP contribution >= 0.6 is 7.60 Å². The van der Waals surface area contributed by atoms with E-state index in [2.05, 4.69) is 5.32 Å². The Bertz CT molecular complexity index is 811. The molecule has 1 aliphatic heterocycles. The van der Waals surface area contributed by atoms with Gasteiger partial charge in [-0.15, -0.1) is 0 Å². The summed E-state index contributed by atoms with van der Waals surface area (Å²) in [7, 11) is -2.22. The first-order valence-corrected chi connectivity index (χ1v) is 11.5. The van der Waals surface area contributed by atoms with Crippen molar-refractivity contribution in [2.75, 3.05) is 49.9 Å². The molecule has 1 aliphatic carbocycles. The van der Waals surface area contributed by atoms with Crippen LogP contribution in [0.2, 0.25) is 0 Å². The predicted octanol–water partition coefficient (Wildman–Crippen LogP) is 1.84. The van der Waals surface area contributed by atoms with E-state index in [1.54, 1.807) is 4.90 Å². The van der Waals surface area contributed by atoms with E-state index in [1.165, 1.54) is 7.11 Å². The molecule has 3 rings (SSSR count). The van der Waals surface area contributed by atoms with Crippen molar-refractivity contribution in [1.82, 2.24) is 0 Å². The van der Waals surface area contributed by atoms with Gasteiger partial charge in [-0.25, -0.2) is 0 Å². The van der Waals surface area contributed by atoms with Crippen molar-refractivity contribution in [1.29, 1.82) is 0 Å². The van der Waals surface area contributed by atoms with Crippen LogP contribution in [0.15, 0.2) is 9.59 Å². The third-order valence-electron chi connectivity index (χ3n) is 5.42. The van der Waals surface area contributed by atoms with Crippen LogP contribution in [0, 0.1) is 5.92 Å². The lowest BCUT2D eigenvalue weighted by atomic mass is 9.89. The van der Waals surface area contributed by atoms with Gasteiger partial charge in [0.1, 0.15) is 11.4 Å². The molecular weight excluding hydrogens is 387 g/mol. The van der Waals surface area contributed by atoms with Crippen molar-refractivity contribution in [3.8, 4) is 0 Å². The first-order valence-electron chi connectivity index (χ1n) is 9.73. The van der Waals surface area contributed by atoms with Crippen LogP contribution in [0.5, 0.6) is 0 Å². The summed E-state index contributed by atoms with van der Waals surface area (Å²) in [5.41, 5.74) is -0.368. The molecule has 156 valence electrons. The van der Waals surface area contributed by atoms with Crippen LogP contribution in [0.1, 0.15) is 38.5 Å². The summed E-state index contributed by atoms with van der Waals surface area (Å²) in [5.74, 6) is -0.439. The zero-order chi connectivity index (χ0) is 20.1. The minimum absolute atomic E-state index is 0.0166. The van der Waals surface area contributed by atoms with E-state index in [1.807, 2.05) is 0 Å². The molecule has 2 aliphatic rings. The van der Waals surface area contributed by atoms with Gasteiger partial charge in [0.15, 0.2) is 0 Å². The highest BCUT2D eigenvalue weighted by Crippen LogP contribution is 2.47. The molecule has 0 aromatic heterocycles. The fraction of sp³-hybridized carbons (Fsp3) is 0.722. The minimum atomic E-state index is -3.49. The van der Waals surface area contributed by atoms with E-state index in [0.29, 0.717) is 24.5 Å². The molecule has 28 heavy (non-hydrogen) atoms. The molecule has 10 heteroatoms. The van der Waals surface area contributed by atoms with Crippen LogP contribution in [0.4, 0.5) is 11.4 Å². The number of rotatable bonds is 8. The first-order chi connectivity index (χ1) is 13.4. The van der Waals surface area contributed by atoms with Gasteiger partial charge in [-0.05, 0) is 19.3 Å². The predicted molar refractivity (Wildman–Crippen MR) is 105 cm³/mol. The smallest absolute Gasteiger partial charge is 0.335 e. The normalized spacial score (nSPS) is 20.1. The molecule has 1 heterocycles. The quantitative estimate of drug-likeness (QED) is 0.295. The van der Waals surface area contributed by atoms with Crippen molar-refractivity contribution >= 4 is 24.9 Å². The third-order valence-corrected chi connectivity index (χ3v) is 7.22. The number of carbonyl (C=O) groups is 1. The third kappa shape index (κ3) is 4.64. The van der Waals surface area contributed by atoms with Crippen LogP contribution < -0.4 is 21.1 Å². The van der Waals surface area contributed by atoms with Gasteiger partial charge in [-0.1, -0.05) is 19.3 Å². The molecule has 1 N–H and O–H groups in total. The molecule has 0 spiro atoms. The summed E-state index contributed by atoms with van der Waals surface area (Å²) in [6.45, 7) is 0.976. The van der Waals surface area contributed by atoms with Gasteiger partial charge >= 0.3 is 13.6 Å². The molecule has 0 saturated heterocycles. The lowest BCUT2D eigenvalue weighted by Crippen LogP contribution is -2.42. The number of anilines is 2. The average Bonchev–Trinajstić information content (AvgIpc) is 2.92. The van der Waals surface area contributed by atoms with Gasteiger partial charge in [0.05, 0.1) is 12.1 Å². The molecule has 0 radical (unpaired) electrons. The molecule has 1 atom stereocenters. The molecule has 1 aromatic rings. The molecule has 0 bridgehead atoms. The molecule has 1 aromatic carbocycles. The zero-order valence-corrected chi connectivity index (χ0v) is 17.0. The number of hydrogen-bond donors (Lipinski definition) is 1. The van der Waals surface area contributed by atoms with Crippen molar-refractivity contribution in [2.45, 2.75) is 38.5 Å². The lowest BCUT2D eigenvalue weighted by Gasteiger charge is -2.26. The topological polar surface area (TPSA) is 111 Å². The van der Waals surface area contributed by atoms with Gasteiger partial charge in [-0.3, -0.25) is 23.5 Å². The maximum Gasteiger partial charge on any atom is 0.335 e. The summed E-state index contributed by atoms with van der Waals surface area (Å²) in [5, 5.41) is 2.96. The highest BCUT2D eigenvalue weighted by molar-refractivity contribution is 7.53. The Labute approximate surface area is 163 Å². The van der Waals surface area contributed by atoms with Crippen LogP contribution in [0.3, 0.4) is 0 Å². The van der Waals surface area contributed by atoms with Gasteiger partial charge in [0.25, 0.3) is 10.9 Å². The molecule has 0 amide bonds. The number of nitrogens with zero attached hydrogens (tertiary/aromatic N) is 1. The van der Waals surface area contributed by atoms with Crippen molar-refractivity contribution in [3.05, 3.63) is 20.4 Å². The fourth-order valence-corrected chi connectivity index (χ4v) is 4.85. The van der Waals surface area contributed by atoms with E-state index < -0.39 is 25.2 Å². The number of nitrogens with one attached hydrogen (secondary N) is 1. The summed E-state index contributed by atoms with van der Waals surface area (Å²) in [4.78, 5) is 37.3. The summed E-state index contributed by atoms with van der Waals surface area (Å²) in [6, 6.07) is 0. The second-order valence-electron chi connectivity index (χ2n) is 7.21. The van der Waals surface area contributed by atoms with Crippen molar-refractivity contribution in [3.63, 3.8) is 0 Å². The van der Waals surface area contributed by atoms with Gasteiger partial charge in [-0.2, -0.15) is 0 Å². The van der Waals surface area contributed by atoms with E-state index in [0.717, 1.165) is 38.5 Å². The van der Waals surface area contributed by atoms with Crippen LogP contribution in [0.25, 0.3) is 0 Å². The Morgan fingerprint density at radius 2 is 1.93 bits per heavy atom. The average molecular weight is 414 g/mol. The van der Waals surface area contributed by atoms with E-state index in [9.17, 15) is 18.9 Å². The zero-order valence-electron chi connectivity index (χ0n) is 16.1. The number of ether oxygens (including phenoxy) is 1. The second kappa shape index (κ2) is 9.20. The molecule has 1 unspecified atom stereocenters. The highest BCUT2D eigenvalue weighted by atomic mass is 31.2. The van der Waals surface area contributed by atoms with Gasteiger partial charge in [0, 0.05) is 26.7 Å². The molecule has 1 fully saturated rings. The molecule has 9 nitrogen and oxygen atoms in total. The standard InChI is InChI=1S/C18H27N2O7P/c1-25-28(24,27-12-26-18(23)13-6-3-2-4-7-13)11-10-20-9-5-8-19-14-15(20)17(22)16(14)21/h13,19H,2-12H2,1H3. The highest BCUT2D eigenvalue weighted by Gasteiger charge is 2.31. The minimum Gasteiger partial charge on any atom is -0.438 e. The van der Waals surface area contributed by atoms with Crippen molar-refractivity contribution in [2.24, 2.45) is 5.92 Å². The largest absolute Gasteiger partial charge is 0.438 e.